The molecule has 0 aromatic carbocycles. The van der Waals surface area contributed by atoms with E-state index < -0.39 is 32.5 Å². The van der Waals surface area contributed by atoms with Crippen molar-refractivity contribution in [1.82, 2.24) is 0 Å². The van der Waals surface area contributed by atoms with E-state index in [2.05, 4.69) is 38.2 Å². The average molecular weight is 786 g/mol. The first-order valence-corrected chi connectivity index (χ1v) is 23.5. The van der Waals surface area contributed by atoms with Crippen LogP contribution in [-0.4, -0.2) is 70.0 Å². The lowest BCUT2D eigenvalue weighted by Gasteiger charge is -2.28. The van der Waals surface area contributed by atoms with E-state index in [1.165, 1.54) is 103 Å². The van der Waals surface area contributed by atoms with Crippen molar-refractivity contribution in [2.45, 2.75) is 200 Å². The molecule has 0 fully saturated rings. The van der Waals surface area contributed by atoms with Gasteiger partial charge in [-0.15, -0.1) is 0 Å². The highest BCUT2D eigenvalue weighted by Gasteiger charge is 2.21. The minimum Gasteiger partial charge on any atom is -0.756 e. The highest BCUT2D eigenvalue weighted by atomic mass is 31.2. The third kappa shape index (κ3) is 40.2. The van der Waals surface area contributed by atoms with E-state index in [4.69, 9.17) is 18.5 Å². The second-order valence-electron chi connectivity index (χ2n) is 16.1. The number of ether oxygens (including phenoxy) is 2. The van der Waals surface area contributed by atoms with Gasteiger partial charge in [-0.25, -0.2) is 0 Å². The molecule has 0 amide bonds. The second kappa shape index (κ2) is 37.1. The number of likely N-dealkylation sites (N-methyl/N-ethyl adjacent to an activating group) is 1. The Balaban J connectivity index is 4.37. The molecule has 0 aliphatic rings. The summed E-state index contributed by atoms with van der Waals surface area (Å²) >= 11 is 0. The zero-order valence-electron chi connectivity index (χ0n) is 35.7. The van der Waals surface area contributed by atoms with Gasteiger partial charge in [0.15, 0.2) is 6.10 Å². The fourth-order valence-electron chi connectivity index (χ4n) is 5.98. The summed E-state index contributed by atoms with van der Waals surface area (Å²) in [6, 6.07) is 0. The highest BCUT2D eigenvalue weighted by Crippen LogP contribution is 2.38. The van der Waals surface area contributed by atoms with E-state index in [-0.39, 0.29) is 26.1 Å². The summed E-state index contributed by atoms with van der Waals surface area (Å²) in [4.78, 5) is 37.5. The summed E-state index contributed by atoms with van der Waals surface area (Å²) in [5.74, 6) is -0.844. The number of unbranched alkanes of at least 4 members (excludes halogenated alkanes) is 22. The molecule has 0 saturated heterocycles. The maximum Gasteiger partial charge on any atom is 0.306 e. The molecule has 0 rings (SSSR count). The third-order valence-corrected chi connectivity index (χ3v) is 10.4. The number of phosphoric ester groups is 1. The molecule has 0 heterocycles. The predicted octanol–water partition coefficient (Wildman–Crippen LogP) is 11.7. The van der Waals surface area contributed by atoms with Crippen LogP contribution in [0.25, 0.3) is 0 Å². The Morgan fingerprint density at radius 3 is 1.50 bits per heavy atom. The zero-order chi connectivity index (χ0) is 40.0. The number of hydrogen-bond acceptors (Lipinski definition) is 8. The molecule has 0 aliphatic heterocycles. The Hall–Kier alpha value is -1.51. The van der Waals surface area contributed by atoms with Crippen LogP contribution in [-0.2, 0) is 32.7 Å². The molecule has 0 aliphatic carbocycles. The lowest BCUT2D eigenvalue weighted by Crippen LogP contribution is -2.37. The maximum atomic E-state index is 12.7. The number of carbonyl (C=O) groups is 2. The minimum atomic E-state index is -4.62. The molecule has 0 N–H and O–H groups in total. The fraction of sp³-hybridized carbons (Fsp3) is 0.864. The molecule has 0 aromatic rings. The number of phosphoric acid groups is 1. The number of quaternary nitrogens is 1. The summed E-state index contributed by atoms with van der Waals surface area (Å²) in [5, 5.41) is 0. The van der Waals surface area contributed by atoms with Gasteiger partial charge in [0, 0.05) is 12.8 Å². The van der Waals surface area contributed by atoms with E-state index in [0.717, 1.165) is 51.4 Å². The van der Waals surface area contributed by atoms with Gasteiger partial charge in [-0.2, -0.15) is 0 Å². The van der Waals surface area contributed by atoms with Gasteiger partial charge in [-0.05, 0) is 44.9 Å². The quantitative estimate of drug-likeness (QED) is 0.0198. The SMILES string of the molecule is CCCCC/C=C\C/C=C\CCCCCCCC(=O)OCC(COP(=O)([O-])OCC[N+](C)(C)C)OC(=O)CCCCCCCCCCCCCCCCC. The molecule has 2 unspecified atom stereocenters. The van der Waals surface area contributed by atoms with Gasteiger partial charge < -0.3 is 27.9 Å². The van der Waals surface area contributed by atoms with Crippen molar-refractivity contribution in [3.8, 4) is 0 Å². The fourth-order valence-corrected chi connectivity index (χ4v) is 6.71. The predicted molar refractivity (Wildman–Crippen MR) is 222 cm³/mol. The van der Waals surface area contributed by atoms with Crippen molar-refractivity contribution in [3.05, 3.63) is 24.3 Å². The summed E-state index contributed by atoms with van der Waals surface area (Å²) in [7, 11) is 1.16. The highest BCUT2D eigenvalue weighted by molar-refractivity contribution is 7.45. The molecule has 318 valence electrons. The number of hydrogen-bond donors (Lipinski definition) is 0. The maximum absolute atomic E-state index is 12.7. The molecule has 2 atom stereocenters. The van der Waals surface area contributed by atoms with E-state index in [9.17, 15) is 19.0 Å². The van der Waals surface area contributed by atoms with Gasteiger partial charge in [0.2, 0.25) is 0 Å². The van der Waals surface area contributed by atoms with Gasteiger partial charge in [0.25, 0.3) is 7.82 Å². The normalized spacial score (nSPS) is 13.8. The molecule has 54 heavy (non-hydrogen) atoms. The monoisotopic (exact) mass is 786 g/mol. The van der Waals surface area contributed by atoms with E-state index in [1.807, 2.05) is 21.1 Å². The molecule has 0 radical (unpaired) electrons. The Bertz CT molecular complexity index is 980. The molecule has 0 saturated carbocycles. The molecule has 10 heteroatoms. The van der Waals surface area contributed by atoms with Gasteiger partial charge in [0.1, 0.15) is 19.8 Å². The van der Waals surface area contributed by atoms with Crippen LogP contribution in [0.1, 0.15) is 194 Å². The topological polar surface area (TPSA) is 111 Å². The van der Waals surface area contributed by atoms with Crippen LogP contribution < -0.4 is 4.89 Å². The van der Waals surface area contributed by atoms with Gasteiger partial charge in [0.05, 0.1) is 27.7 Å². The average Bonchev–Trinajstić information content (AvgIpc) is 3.12. The van der Waals surface area contributed by atoms with E-state index >= 15 is 0 Å². The Morgan fingerprint density at radius 2 is 1.00 bits per heavy atom. The van der Waals surface area contributed by atoms with Crippen molar-refractivity contribution >= 4 is 19.8 Å². The first-order valence-electron chi connectivity index (χ1n) is 22.0. The number of nitrogens with zero attached hydrogens (tertiary/aromatic N) is 1. The molecule has 9 nitrogen and oxygen atoms in total. The molecule has 0 spiro atoms. The standard InChI is InChI=1S/C44H84NO8P/c1-6-8-10-12-14-16-18-20-22-24-26-28-30-32-34-36-43(46)50-40-42(41-52-54(48,49)51-39-38-45(3,4)5)53-44(47)37-35-33-31-29-27-25-23-21-19-17-15-13-11-9-7-2/h14,16,20,22,42H,6-13,15,17-19,21,23-41H2,1-5H3/b16-14-,22-20-. The number of allylic oxidation sites excluding steroid dienone is 4. The summed E-state index contributed by atoms with van der Waals surface area (Å²) in [5.41, 5.74) is 0. The summed E-state index contributed by atoms with van der Waals surface area (Å²) < 4.78 is 33.9. The van der Waals surface area contributed by atoms with Gasteiger partial charge in [-0.3, -0.25) is 14.2 Å². The number of esters is 2. The number of carbonyl (C=O) groups excluding carboxylic acids is 2. The Labute approximate surface area is 332 Å². The Morgan fingerprint density at radius 1 is 0.574 bits per heavy atom. The Kier molecular flexibility index (Phi) is 36.1. The molecule has 0 bridgehead atoms. The minimum absolute atomic E-state index is 0.0313. The zero-order valence-corrected chi connectivity index (χ0v) is 36.6. The largest absolute Gasteiger partial charge is 0.756 e. The molecular weight excluding hydrogens is 701 g/mol. The molecular formula is C44H84NO8P. The van der Waals surface area contributed by atoms with Crippen LogP contribution >= 0.6 is 7.82 Å². The first kappa shape index (κ1) is 52.5. The summed E-state index contributed by atoms with van der Waals surface area (Å²) in [6.07, 6.45) is 39.1. The van der Waals surface area contributed by atoms with Crippen molar-refractivity contribution in [1.29, 1.82) is 0 Å². The number of rotatable bonds is 40. The van der Waals surface area contributed by atoms with Gasteiger partial charge in [-0.1, -0.05) is 160 Å². The van der Waals surface area contributed by atoms with Crippen LogP contribution in [0.4, 0.5) is 0 Å². The van der Waals surface area contributed by atoms with Crippen molar-refractivity contribution in [2.24, 2.45) is 0 Å². The van der Waals surface area contributed by atoms with Crippen LogP contribution in [0.15, 0.2) is 24.3 Å². The van der Waals surface area contributed by atoms with Crippen molar-refractivity contribution in [2.75, 3.05) is 47.5 Å². The van der Waals surface area contributed by atoms with Crippen LogP contribution in [0.3, 0.4) is 0 Å². The van der Waals surface area contributed by atoms with Crippen molar-refractivity contribution < 1.29 is 42.1 Å². The van der Waals surface area contributed by atoms with Crippen molar-refractivity contribution in [3.63, 3.8) is 0 Å². The summed E-state index contributed by atoms with van der Waals surface area (Å²) in [6.45, 7) is 4.20. The van der Waals surface area contributed by atoms with E-state index in [0.29, 0.717) is 23.9 Å². The smallest absolute Gasteiger partial charge is 0.306 e. The van der Waals surface area contributed by atoms with Gasteiger partial charge >= 0.3 is 11.9 Å². The lowest BCUT2D eigenvalue weighted by molar-refractivity contribution is -0.870. The second-order valence-corrected chi connectivity index (χ2v) is 17.5. The molecule has 0 aromatic heterocycles. The van der Waals surface area contributed by atoms with Crippen LogP contribution in [0.5, 0.6) is 0 Å². The van der Waals surface area contributed by atoms with E-state index in [1.54, 1.807) is 0 Å². The first-order chi connectivity index (χ1) is 26.0. The third-order valence-electron chi connectivity index (χ3n) is 9.47. The van der Waals surface area contributed by atoms with Crippen LogP contribution in [0, 0.1) is 0 Å². The lowest BCUT2D eigenvalue weighted by atomic mass is 10.0. The van der Waals surface area contributed by atoms with Crippen LogP contribution in [0.2, 0.25) is 0 Å².